The van der Waals surface area contributed by atoms with Gasteiger partial charge in [0.2, 0.25) is 0 Å². The number of hydrogen-bond acceptors (Lipinski definition) is 2. The molecule has 0 saturated heterocycles. The van der Waals surface area contributed by atoms with Gasteiger partial charge in [-0.3, -0.25) is 0 Å². The lowest BCUT2D eigenvalue weighted by atomic mass is 9.92. The van der Waals surface area contributed by atoms with Gasteiger partial charge in [-0.25, -0.2) is 0 Å². The highest BCUT2D eigenvalue weighted by Crippen LogP contribution is 2.43. The molecule has 0 aliphatic carbocycles. The molecule has 2 heteroatoms. The van der Waals surface area contributed by atoms with Crippen molar-refractivity contribution in [1.29, 1.82) is 0 Å². The molecule has 166 valence electrons. The van der Waals surface area contributed by atoms with Crippen molar-refractivity contribution in [2.75, 3.05) is 0 Å². The fourth-order valence-electron chi connectivity index (χ4n) is 4.07. The van der Waals surface area contributed by atoms with Gasteiger partial charge in [-0.2, -0.15) is 0 Å². The van der Waals surface area contributed by atoms with Crippen LogP contribution in [-0.4, -0.2) is 0 Å². The number of ether oxygens (including phenoxy) is 2. The van der Waals surface area contributed by atoms with E-state index < -0.39 is 0 Å². The van der Waals surface area contributed by atoms with E-state index in [1.54, 1.807) is 0 Å². The van der Waals surface area contributed by atoms with E-state index in [-0.39, 0.29) is 0 Å². The van der Waals surface area contributed by atoms with Gasteiger partial charge < -0.3 is 9.47 Å². The maximum absolute atomic E-state index is 6.33. The van der Waals surface area contributed by atoms with Crippen molar-refractivity contribution in [3.63, 3.8) is 0 Å². The van der Waals surface area contributed by atoms with Crippen LogP contribution in [0.15, 0.2) is 121 Å². The third-order valence-corrected chi connectivity index (χ3v) is 5.72. The van der Waals surface area contributed by atoms with Gasteiger partial charge in [0.05, 0.1) is 0 Å². The summed E-state index contributed by atoms with van der Waals surface area (Å²) in [4.78, 5) is 0. The zero-order valence-electron chi connectivity index (χ0n) is 19.4. The minimum absolute atomic E-state index is 0.814. The number of rotatable bonds is 6. The SMILES string of the molecule is Cc1ccc(Oc2ccccc2)c(-c2ccccc2-c2cc(C)ccc2Oc2ccccc2)c1. The Hall–Kier alpha value is -4.30. The van der Waals surface area contributed by atoms with Crippen LogP contribution in [0.25, 0.3) is 22.3 Å². The van der Waals surface area contributed by atoms with Crippen molar-refractivity contribution < 1.29 is 9.47 Å². The predicted octanol–water partition coefficient (Wildman–Crippen LogP) is 9.22. The van der Waals surface area contributed by atoms with Crippen LogP contribution in [-0.2, 0) is 0 Å². The Bertz CT molecular complexity index is 1300. The first-order valence-electron chi connectivity index (χ1n) is 11.4. The number of para-hydroxylation sites is 2. The minimum atomic E-state index is 0.814. The molecule has 0 fully saturated rings. The summed E-state index contributed by atoms with van der Waals surface area (Å²) in [6, 6.07) is 40.9. The first kappa shape index (κ1) is 21.5. The Morgan fingerprint density at radius 2 is 0.765 bits per heavy atom. The molecule has 0 aromatic heterocycles. The van der Waals surface area contributed by atoms with E-state index in [0.717, 1.165) is 45.3 Å². The Kier molecular flexibility index (Phi) is 6.13. The van der Waals surface area contributed by atoms with Gasteiger partial charge in [-0.15, -0.1) is 0 Å². The largest absolute Gasteiger partial charge is 0.457 e. The van der Waals surface area contributed by atoms with Crippen molar-refractivity contribution in [3.8, 4) is 45.3 Å². The molecule has 0 atom stereocenters. The maximum atomic E-state index is 6.33. The highest BCUT2D eigenvalue weighted by atomic mass is 16.5. The van der Waals surface area contributed by atoms with Crippen molar-refractivity contribution in [3.05, 3.63) is 132 Å². The average molecular weight is 443 g/mol. The predicted molar refractivity (Wildman–Crippen MR) is 140 cm³/mol. The summed E-state index contributed by atoms with van der Waals surface area (Å²) in [5.41, 5.74) is 6.64. The van der Waals surface area contributed by atoms with Crippen LogP contribution in [0.2, 0.25) is 0 Å². The maximum Gasteiger partial charge on any atom is 0.135 e. The molecule has 34 heavy (non-hydrogen) atoms. The summed E-state index contributed by atoms with van der Waals surface area (Å²) in [5, 5.41) is 0. The third kappa shape index (κ3) is 4.72. The molecule has 0 heterocycles. The average Bonchev–Trinajstić information content (AvgIpc) is 2.87. The fourth-order valence-corrected chi connectivity index (χ4v) is 4.07. The molecule has 0 bridgehead atoms. The molecule has 0 aliphatic heterocycles. The highest BCUT2D eigenvalue weighted by Gasteiger charge is 2.16. The van der Waals surface area contributed by atoms with Crippen molar-refractivity contribution >= 4 is 0 Å². The molecular formula is C32H26O2. The molecule has 0 unspecified atom stereocenters. The molecule has 0 radical (unpaired) electrons. The molecule has 2 nitrogen and oxygen atoms in total. The molecular weight excluding hydrogens is 416 g/mol. The smallest absolute Gasteiger partial charge is 0.135 e. The topological polar surface area (TPSA) is 18.5 Å². The zero-order chi connectivity index (χ0) is 23.3. The van der Waals surface area contributed by atoms with Gasteiger partial charge in [0, 0.05) is 11.1 Å². The second-order valence-electron chi connectivity index (χ2n) is 8.38. The molecule has 5 rings (SSSR count). The van der Waals surface area contributed by atoms with Crippen molar-refractivity contribution in [2.24, 2.45) is 0 Å². The Labute approximate surface area is 201 Å². The summed E-state index contributed by atoms with van der Waals surface area (Å²) < 4.78 is 12.7. The third-order valence-electron chi connectivity index (χ3n) is 5.72. The molecule has 0 aliphatic rings. The second-order valence-corrected chi connectivity index (χ2v) is 8.38. The zero-order valence-corrected chi connectivity index (χ0v) is 19.4. The van der Waals surface area contributed by atoms with E-state index in [1.165, 1.54) is 11.1 Å². The summed E-state index contributed by atoms with van der Waals surface area (Å²) in [6.45, 7) is 4.21. The van der Waals surface area contributed by atoms with E-state index in [2.05, 4.69) is 62.4 Å². The molecule has 5 aromatic rings. The van der Waals surface area contributed by atoms with Crippen LogP contribution in [0.3, 0.4) is 0 Å². The lowest BCUT2D eigenvalue weighted by Crippen LogP contribution is -1.94. The molecule has 0 N–H and O–H groups in total. The van der Waals surface area contributed by atoms with Gasteiger partial charge in [-0.05, 0) is 73.5 Å². The van der Waals surface area contributed by atoms with E-state index in [0.29, 0.717) is 0 Å². The van der Waals surface area contributed by atoms with Crippen LogP contribution in [0.4, 0.5) is 0 Å². The monoisotopic (exact) mass is 442 g/mol. The van der Waals surface area contributed by atoms with Gasteiger partial charge in [0.25, 0.3) is 0 Å². The van der Waals surface area contributed by atoms with Crippen molar-refractivity contribution in [2.45, 2.75) is 13.8 Å². The summed E-state index contributed by atoms with van der Waals surface area (Å²) in [5.74, 6) is 3.27. The standard InChI is InChI=1S/C32H26O2/c1-23-17-19-31(33-25-11-5-3-6-12-25)29(21-23)27-15-9-10-16-28(27)30-22-24(2)18-20-32(30)34-26-13-7-4-8-14-26/h3-22H,1-2H3. The lowest BCUT2D eigenvalue weighted by molar-refractivity contribution is 0.483. The molecule has 5 aromatic carbocycles. The van der Waals surface area contributed by atoms with E-state index >= 15 is 0 Å². The highest BCUT2D eigenvalue weighted by molar-refractivity contribution is 5.89. The first-order chi connectivity index (χ1) is 16.7. The normalized spacial score (nSPS) is 10.6. The van der Waals surface area contributed by atoms with Gasteiger partial charge in [0.1, 0.15) is 23.0 Å². The van der Waals surface area contributed by atoms with Crippen LogP contribution in [0.5, 0.6) is 23.0 Å². The molecule has 0 spiro atoms. The fraction of sp³-hybridized carbons (Fsp3) is 0.0625. The van der Waals surface area contributed by atoms with E-state index in [4.69, 9.17) is 9.47 Å². The summed E-state index contributed by atoms with van der Waals surface area (Å²) >= 11 is 0. The number of hydrogen-bond donors (Lipinski definition) is 0. The number of benzene rings is 5. The van der Waals surface area contributed by atoms with Crippen LogP contribution in [0.1, 0.15) is 11.1 Å². The molecule has 0 amide bonds. The van der Waals surface area contributed by atoms with E-state index in [1.807, 2.05) is 72.8 Å². The first-order valence-corrected chi connectivity index (χ1v) is 11.4. The Morgan fingerprint density at radius 1 is 0.382 bits per heavy atom. The number of aryl methyl sites for hydroxylation is 2. The summed E-state index contributed by atoms with van der Waals surface area (Å²) in [6.07, 6.45) is 0. The second kappa shape index (κ2) is 9.68. The van der Waals surface area contributed by atoms with E-state index in [9.17, 15) is 0 Å². The van der Waals surface area contributed by atoms with Crippen LogP contribution < -0.4 is 9.47 Å². The Morgan fingerprint density at radius 3 is 1.18 bits per heavy atom. The summed E-state index contributed by atoms with van der Waals surface area (Å²) in [7, 11) is 0. The van der Waals surface area contributed by atoms with Crippen molar-refractivity contribution in [1.82, 2.24) is 0 Å². The minimum Gasteiger partial charge on any atom is -0.457 e. The van der Waals surface area contributed by atoms with Crippen LogP contribution >= 0.6 is 0 Å². The van der Waals surface area contributed by atoms with Gasteiger partial charge >= 0.3 is 0 Å². The Balaban J connectivity index is 1.64. The molecule has 0 saturated carbocycles. The van der Waals surface area contributed by atoms with Gasteiger partial charge in [-0.1, -0.05) is 83.9 Å². The quantitative estimate of drug-likeness (QED) is 0.261. The van der Waals surface area contributed by atoms with Crippen LogP contribution in [0, 0.1) is 13.8 Å². The van der Waals surface area contributed by atoms with Gasteiger partial charge in [0.15, 0.2) is 0 Å². The lowest BCUT2D eigenvalue weighted by Gasteiger charge is -2.18.